The molecule has 0 aliphatic rings. The molecule has 0 radical (unpaired) electrons. The van der Waals surface area contributed by atoms with E-state index < -0.39 is 5.97 Å². The van der Waals surface area contributed by atoms with Crippen molar-refractivity contribution < 1.29 is 9.90 Å². The first-order valence-corrected chi connectivity index (χ1v) is 2.78. The van der Waals surface area contributed by atoms with Crippen LogP contribution in [0.5, 0.6) is 0 Å². The number of aromatic carboxylic acids is 1. The Morgan fingerprint density at radius 3 is 2.36 bits per heavy atom. The molecule has 3 nitrogen and oxygen atoms in total. The maximum Gasteiger partial charge on any atom is 0.354 e. The van der Waals surface area contributed by atoms with Crippen LogP contribution in [0.25, 0.3) is 0 Å². The number of carboxylic acid groups (broad SMARTS) is 1. The van der Waals surface area contributed by atoms with Gasteiger partial charge in [0.25, 0.3) is 0 Å². The van der Waals surface area contributed by atoms with Crippen LogP contribution in [0, 0.1) is 12.8 Å². The molecule has 0 unspecified atom stereocenters. The Hall–Kier alpha value is -1.82. The maximum atomic E-state index is 10.1. The Labute approximate surface area is 64.7 Å². The zero-order valence-electron chi connectivity index (χ0n) is 5.77. The summed E-state index contributed by atoms with van der Waals surface area (Å²) in [5.41, 5.74) is 0.0810. The lowest BCUT2D eigenvalue weighted by Gasteiger charge is -1.87. The molecular formula is C8H7NO2. The molecule has 0 aliphatic carbocycles. The predicted octanol–water partition coefficient (Wildman–Crippen LogP) is 1.03. The maximum absolute atomic E-state index is 10.1. The first-order chi connectivity index (χ1) is 5.30. The largest absolute Gasteiger partial charge is 0.477 e. The highest BCUT2D eigenvalue weighted by Gasteiger charge is 1.98. The van der Waals surface area contributed by atoms with Crippen molar-refractivity contribution in [2.24, 2.45) is 0 Å². The number of rotatable bonds is 1. The van der Waals surface area contributed by atoms with Crippen LogP contribution in [0.4, 0.5) is 0 Å². The summed E-state index contributed by atoms with van der Waals surface area (Å²) >= 11 is 0. The Morgan fingerprint density at radius 2 is 2.09 bits per heavy atom. The fourth-order valence-electron chi connectivity index (χ4n) is 0.489. The SMILES string of the molecule is C#C.O=C(O)c1ccccn1. The molecule has 0 amide bonds. The zero-order chi connectivity index (χ0) is 8.69. The van der Waals surface area contributed by atoms with Crippen molar-refractivity contribution in [2.45, 2.75) is 0 Å². The summed E-state index contributed by atoms with van der Waals surface area (Å²) in [5.74, 6) is -0.990. The Balaban J connectivity index is 0.000000461. The molecule has 0 spiro atoms. The first-order valence-electron chi connectivity index (χ1n) is 2.78. The van der Waals surface area contributed by atoms with Crippen LogP contribution in [0.3, 0.4) is 0 Å². The number of hydrogen-bond acceptors (Lipinski definition) is 2. The fraction of sp³-hybridized carbons (Fsp3) is 0. The van der Waals surface area contributed by atoms with E-state index in [0.717, 1.165) is 0 Å². The minimum Gasteiger partial charge on any atom is -0.477 e. The van der Waals surface area contributed by atoms with Gasteiger partial charge in [-0.15, -0.1) is 12.8 Å². The molecule has 1 aromatic rings. The van der Waals surface area contributed by atoms with Crippen LogP contribution >= 0.6 is 0 Å². The Morgan fingerprint density at radius 1 is 1.45 bits per heavy atom. The van der Waals surface area contributed by atoms with Crippen molar-refractivity contribution in [2.75, 3.05) is 0 Å². The van der Waals surface area contributed by atoms with Gasteiger partial charge in [-0.25, -0.2) is 9.78 Å². The molecule has 0 saturated carbocycles. The summed E-state index contributed by atoms with van der Waals surface area (Å²) in [4.78, 5) is 13.7. The minimum atomic E-state index is -0.990. The molecule has 1 rings (SSSR count). The zero-order valence-corrected chi connectivity index (χ0v) is 5.77. The van der Waals surface area contributed by atoms with E-state index in [1.807, 2.05) is 0 Å². The van der Waals surface area contributed by atoms with E-state index in [1.54, 1.807) is 12.1 Å². The summed E-state index contributed by atoms with van der Waals surface area (Å²) in [7, 11) is 0. The number of nitrogens with zero attached hydrogens (tertiary/aromatic N) is 1. The van der Waals surface area contributed by atoms with Gasteiger partial charge in [0.05, 0.1) is 0 Å². The molecule has 0 saturated heterocycles. The molecule has 3 heteroatoms. The fourth-order valence-corrected chi connectivity index (χ4v) is 0.489. The van der Waals surface area contributed by atoms with E-state index in [0.29, 0.717) is 0 Å². The van der Waals surface area contributed by atoms with Crippen LogP contribution < -0.4 is 0 Å². The molecule has 1 aromatic heterocycles. The second-order valence-electron chi connectivity index (χ2n) is 1.52. The highest BCUT2D eigenvalue weighted by Crippen LogP contribution is 1.90. The van der Waals surface area contributed by atoms with Gasteiger partial charge in [-0.1, -0.05) is 6.07 Å². The van der Waals surface area contributed by atoms with Crippen molar-refractivity contribution in [3.05, 3.63) is 30.1 Å². The Kier molecular flexibility index (Phi) is 4.18. The van der Waals surface area contributed by atoms with Gasteiger partial charge < -0.3 is 5.11 Å². The Bertz CT molecular complexity index is 241. The summed E-state index contributed by atoms with van der Waals surface area (Å²) in [6.07, 6.45) is 9.45. The van der Waals surface area contributed by atoms with E-state index in [2.05, 4.69) is 17.8 Å². The second-order valence-corrected chi connectivity index (χ2v) is 1.52. The van der Waals surface area contributed by atoms with Crippen LogP contribution in [-0.4, -0.2) is 16.1 Å². The van der Waals surface area contributed by atoms with E-state index in [-0.39, 0.29) is 5.69 Å². The van der Waals surface area contributed by atoms with Gasteiger partial charge in [0.1, 0.15) is 5.69 Å². The first kappa shape index (κ1) is 9.18. The van der Waals surface area contributed by atoms with Gasteiger partial charge in [0.2, 0.25) is 0 Å². The number of hydrogen-bond donors (Lipinski definition) is 1. The lowest BCUT2D eigenvalue weighted by molar-refractivity contribution is 0.0690. The molecule has 1 N–H and O–H groups in total. The van der Waals surface area contributed by atoms with Crippen molar-refractivity contribution in [3.63, 3.8) is 0 Å². The highest BCUT2D eigenvalue weighted by molar-refractivity contribution is 5.85. The number of pyridine rings is 1. The number of carbonyl (C=O) groups is 1. The quantitative estimate of drug-likeness (QED) is 0.606. The summed E-state index contributed by atoms with van der Waals surface area (Å²) in [6, 6.07) is 4.76. The lowest BCUT2D eigenvalue weighted by atomic mass is 10.4. The minimum absolute atomic E-state index is 0.0810. The van der Waals surface area contributed by atoms with E-state index in [4.69, 9.17) is 5.11 Å². The van der Waals surface area contributed by atoms with E-state index in [1.165, 1.54) is 12.3 Å². The number of terminal acetylenes is 1. The topological polar surface area (TPSA) is 50.2 Å². The third kappa shape index (κ3) is 3.01. The van der Waals surface area contributed by atoms with Crippen molar-refractivity contribution in [1.82, 2.24) is 4.98 Å². The van der Waals surface area contributed by atoms with Crippen LogP contribution in [0.15, 0.2) is 24.4 Å². The van der Waals surface area contributed by atoms with Crippen molar-refractivity contribution in [1.29, 1.82) is 0 Å². The molecule has 11 heavy (non-hydrogen) atoms. The molecule has 1 heterocycles. The van der Waals surface area contributed by atoms with Gasteiger partial charge in [-0.2, -0.15) is 0 Å². The van der Waals surface area contributed by atoms with Gasteiger partial charge >= 0.3 is 5.97 Å². The normalized spacial score (nSPS) is 7.45. The lowest BCUT2D eigenvalue weighted by Crippen LogP contribution is -1.97. The monoisotopic (exact) mass is 149 g/mol. The molecule has 0 fully saturated rings. The second kappa shape index (κ2) is 5.00. The molecular weight excluding hydrogens is 142 g/mol. The molecule has 56 valence electrons. The van der Waals surface area contributed by atoms with Crippen molar-refractivity contribution >= 4 is 5.97 Å². The predicted molar refractivity (Wildman–Crippen MR) is 41.1 cm³/mol. The molecule has 0 aliphatic heterocycles. The van der Waals surface area contributed by atoms with Gasteiger partial charge in [-0.3, -0.25) is 0 Å². The number of carboxylic acids is 1. The van der Waals surface area contributed by atoms with Gasteiger partial charge in [0, 0.05) is 6.20 Å². The third-order valence-corrected chi connectivity index (χ3v) is 0.884. The van der Waals surface area contributed by atoms with Gasteiger partial charge in [0.15, 0.2) is 0 Å². The standard InChI is InChI=1S/C6H5NO2.C2H2/c8-6(9)5-3-1-2-4-7-5;1-2/h1-4H,(H,8,9);1-2H. The average molecular weight is 149 g/mol. The molecule has 0 aromatic carbocycles. The van der Waals surface area contributed by atoms with Crippen LogP contribution in [-0.2, 0) is 0 Å². The third-order valence-electron chi connectivity index (χ3n) is 0.884. The van der Waals surface area contributed by atoms with Crippen LogP contribution in [0.2, 0.25) is 0 Å². The van der Waals surface area contributed by atoms with E-state index >= 15 is 0 Å². The van der Waals surface area contributed by atoms with Gasteiger partial charge in [-0.05, 0) is 12.1 Å². The summed E-state index contributed by atoms with van der Waals surface area (Å²) < 4.78 is 0. The van der Waals surface area contributed by atoms with E-state index in [9.17, 15) is 4.79 Å². The number of aromatic nitrogens is 1. The van der Waals surface area contributed by atoms with Crippen molar-refractivity contribution in [3.8, 4) is 12.8 Å². The summed E-state index contributed by atoms with van der Waals surface area (Å²) in [5, 5.41) is 8.32. The summed E-state index contributed by atoms with van der Waals surface area (Å²) in [6.45, 7) is 0. The average Bonchev–Trinajstić information content (AvgIpc) is 2.10. The molecule has 0 atom stereocenters. The smallest absolute Gasteiger partial charge is 0.354 e. The van der Waals surface area contributed by atoms with Crippen LogP contribution in [0.1, 0.15) is 10.5 Å². The molecule has 0 bridgehead atoms. The highest BCUT2D eigenvalue weighted by atomic mass is 16.4.